The third-order valence-electron chi connectivity index (χ3n) is 5.13. The molecule has 0 saturated heterocycles. The molecular weight excluding hydrogens is 348 g/mol. The number of thiol groups is 1. The van der Waals surface area contributed by atoms with E-state index in [-0.39, 0.29) is 28.6 Å². The summed E-state index contributed by atoms with van der Waals surface area (Å²) in [7, 11) is -2.81. The van der Waals surface area contributed by atoms with Gasteiger partial charge in [-0.2, -0.15) is 0 Å². The minimum absolute atomic E-state index is 0.179. The molecule has 0 aliphatic rings. The van der Waals surface area contributed by atoms with Crippen molar-refractivity contribution in [2.75, 3.05) is 6.61 Å². The lowest BCUT2D eigenvalue weighted by Gasteiger charge is -2.45. The molecule has 26 heavy (non-hydrogen) atoms. The fourth-order valence-electron chi connectivity index (χ4n) is 4.99. The summed E-state index contributed by atoms with van der Waals surface area (Å²) in [6.45, 7) is 22.0. The van der Waals surface area contributed by atoms with Crippen molar-refractivity contribution in [1.29, 1.82) is 0 Å². The quantitative estimate of drug-likeness (QED) is 0.405. The molecule has 0 radical (unpaired) electrons. The Labute approximate surface area is 164 Å². The van der Waals surface area contributed by atoms with Gasteiger partial charge in [0.05, 0.1) is 17.8 Å². The van der Waals surface area contributed by atoms with E-state index >= 15 is 0 Å². The molecule has 4 nitrogen and oxygen atoms in total. The molecule has 0 saturated carbocycles. The van der Waals surface area contributed by atoms with Gasteiger partial charge in [-0.05, 0) is 57.3 Å². The highest BCUT2D eigenvalue weighted by molar-refractivity contribution is 7.67. The van der Waals surface area contributed by atoms with E-state index in [1.54, 1.807) is 0 Å². The summed E-state index contributed by atoms with van der Waals surface area (Å²) in [4.78, 5) is 0. The van der Waals surface area contributed by atoms with Crippen LogP contribution in [0.3, 0.4) is 0 Å². The normalized spacial score (nSPS) is 15.5. The van der Waals surface area contributed by atoms with Gasteiger partial charge in [0.15, 0.2) is 0 Å². The highest BCUT2D eigenvalue weighted by Crippen LogP contribution is 2.43. The van der Waals surface area contributed by atoms with Crippen molar-refractivity contribution in [2.24, 2.45) is 16.7 Å². The molecule has 5 heteroatoms. The Morgan fingerprint density at radius 3 is 1.77 bits per heavy atom. The molecule has 0 aliphatic heterocycles. The van der Waals surface area contributed by atoms with Gasteiger partial charge in [0.2, 0.25) is 0 Å². The van der Waals surface area contributed by atoms with Gasteiger partial charge in [-0.15, -0.1) is 0 Å². The first-order valence-corrected chi connectivity index (χ1v) is 11.1. The molecule has 0 aromatic carbocycles. The zero-order chi connectivity index (χ0) is 20.8. The summed E-state index contributed by atoms with van der Waals surface area (Å²) in [5, 5.41) is 0. The van der Waals surface area contributed by atoms with Crippen LogP contribution in [0.25, 0.3) is 0 Å². The Hall–Kier alpha value is -0.130. The van der Waals surface area contributed by atoms with Gasteiger partial charge in [-0.25, -0.2) is 8.42 Å². The van der Waals surface area contributed by atoms with Crippen LogP contribution in [0.1, 0.15) is 101 Å². The van der Waals surface area contributed by atoms with Gasteiger partial charge in [0.25, 0.3) is 11.0 Å². The second-order valence-electron chi connectivity index (χ2n) is 10.5. The predicted octanol–water partition coefficient (Wildman–Crippen LogP) is 5.76. The molecule has 0 rings (SSSR count). The summed E-state index contributed by atoms with van der Waals surface area (Å²) in [6.07, 6.45) is 5.37. The Morgan fingerprint density at radius 1 is 0.846 bits per heavy atom. The molecule has 0 fully saturated rings. The highest BCUT2D eigenvalue weighted by Gasteiger charge is 2.39. The summed E-state index contributed by atoms with van der Waals surface area (Å²) in [5.41, 5.74) is -0.690. The number of hydrogen-bond donors (Lipinski definition) is 1. The minimum Gasteiger partial charge on any atom is -0.370 e. The van der Waals surface area contributed by atoms with E-state index in [0.29, 0.717) is 5.92 Å². The molecular formula is C21H44O4S. The third-order valence-corrected chi connectivity index (χ3v) is 5.47. The second kappa shape index (κ2) is 9.88. The fraction of sp³-hybridized carbons (Fsp3) is 1.00. The molecule has 0 N–H and O–H groups in total. The molecule has 1 atom stereocenters. The van der Waals surface area contributed by atoms with Crippen LogP contribution < -0.4 is 0 Å². The average Bonchev–Trinajstić information content (AvgIpc) is 2.38. The van der Waals surface area contributed by atoms with Crippen LogP contribution in [0.4, 0.5) is 0 Å². The van der Waals surface area contributed by atoms with Crippen molar-refractivity contribution in [1.82, 2.24) is 0 Å². The van der Waals surface area contributed by atoms with Crippen molar-refractivity contribution in [3.63, 3.8) is 0 Å². The molecule has 0 heterocycles. The van der Waals surface area contributed by atoms with Crippen LogP contribution >= 0.6 is 0 Å². The monoisotopic (exact) mass is 392 g/mol. The smallest absolute Gasteiger partial charge is 0.257 e. The standard InChI is InChI=1S/C21H44O4S/c1-11-13-17(12-2)19(5,6)15-21(9,10)25-20(7,8)14-18(3,4)16-24-26(22)23/h17,26H,11-16H2,1-10H3. The number of ether oxygens (including phenoxy) is 1. The first kappa shape index (κ1) is 25.9. The van der Waals surface area contributed by atoms with E-state index in [9.17, 15) is 8.42 Å². The van der Waals surface area contributed by atoms with Crippen molar-refractivity contribution in [3.05, 3.63) is 0 Å². The fourth-order valence-corrected chi connectivity index (χ4v) is 5.44. The van der Waals surface area contributed by atoms with Crippen LogP contribution in [0.5, 0.6) is 0 Å². The molecule has 158 valence electrons. The van der Waals surface area contributed by atoms with Crippen molar-refractivity contribution < 1.29 is 17.3 Å². The Morgan fingerprint density at radius 2 is 1.35 bits per heavy atom. The molecule has 0 spiro atoms. The van der Waals surface area contributed by atoms with Gasteiger partial charge in [-0.1, -0.05) is 60.8 Å². The van der Waals surface area contributed by atoms with Crippen molar-refractivity contribution in [2.45, 2.75) is 113 Å². The average molecular weight is 393 g/mol. The van der Waals surface area contributed by atoms with Gasteiger partial charge in [0.1, 0.15) is 0 Å². The molecule has 0 amide bonds. The van der Waals surface area contributed by atoms with Crippen molar-refractivity contribution in [3.8, 4) is 0 Å². The molecule has 0 aromatic rings. The maximum absolute atomic E-state index is 10.7. The van der Waals surface area contributed by atoms with Crippen LogP contribution in [0.2, 0.25) is 0 Å². The van der Waals surface area contributed by atoms with E-state index in [1.807, 2.05) is 13.8 Å². The lowest BCUT2D eigenvalue weighted by molar-refractivity contribution is -0.157. The second-order valence-corrected chi connectivity index (χ2v) is 11.2. The molecule has 0 bridgehead atoms. The maximum atomic E-state index is 10.7. The lowest BCUT2D eigenvalue weighted by Crippen LogP contribution is -2.44. The van der Waals surface area contributed by atoms with Gasteiger partial charge in [-0.3, -0.25) is 4.18 Å². The molecule has 1 unspecified atom stereocenters. The predicted molar refractivity (Wildman–Crippen MR) is 111 cm³/mol. The highest BCUT2D eigenvalue weighted by atomic mass is 32.2. The first-order valence-electron chi connectivity index (χ1n) is 10.0. The summed E-state index contributed by atoms with van der Waals surface area (Å²) < 4.78 is 32.9. The van der Waals surface area contributed by atoms with E-state index in [1.165, 1.54) is 19.3 Å². The minimum atomic E-state index is -2.81. The topological polar surface area (TPSA) is 52.6 Å². The van der Waals surface area contributed by atoms with E-state index in [2.05, 4.69) is 55.4 Å². The van der Waals surface area contributed by atoms with E-state index in [0.717, 1.165) is 12.8 Å². The lowest BCUT2D eigenvalue weighted by atomic mass is 9.69. The third kappa shape index (κ3) is 10.3. The SMILES string of the molecule is CCCC(CC)C(C)(C)CC(C)(C)OC(C)(C)CC(C)(C)CO[SH](=O)=O. The zero-order valence-electron chi connectivity index (χ0n) is 18.9. The number of rotatable bonds is 13. The Balaban J connectivity index is 5.03. The first-order chi connectivity index (χ1) is 11.6. The van der Waals surface area contributed by atoms with Crippen LogP contribution in [0, 0.1) is 16.7 Å². The van der Waals surface area contributed by atoms with E-state index in [4.69, 9.17) is 8.92 Å². The van der Waals surface area contributed by atoms with Crippen LogP contribution in [-0.4, -0.2) is 26.2 Å². The van der Waals surface area contributed by atoms with Crippen LogP contribution in [0.15, 0.2) is 0 Å². The number of hydrogen-bond acceptors (Lipinski definition) is 4. The van der Waals surface area contributed by atoms with Crippen molar-refractivity contribution >= 4 is 11.0 Å². The van der Waals surface area contributed by atoms with Gasteiger partial charge < -0.3 is 4.74 Å². The summed E-state index contributed by atoms with van der Waals surface area (Å²) >= 11 is 0. The van der Waals surface area contributed by atoms with E-state index < -0.39 is 11.0 Å². The van der Waals surface area contributed by atoms with Gasteiger partial charge >= 0.3 is 0 Å². The Bertz CT molecular complexity index is 482. The maximum Gasteiger partial charge on any atom is 0.257 e. The summed E-state index contributed by atoms with van der Waals surface area (Å²) in [5.74, 6) is 0.691. The largest absolute Gasteiger partial charge is 0.370 e. The molecule has 0 aliphatic carbocycles. The van der Waals surface area contributed by atoms with Gasteiger partial charge in [0, 0.05) is 0 Å². The summed E-state index contributed by atoms with van der Waals surface area (Å²) in [6, 6.07) is 0. The Kier molecular flexibility index (Phi) is 9.83. The zero-order valence-corrected chi connectivity index (χ0v) is 19.8. The molecule has 0 aromatic heterocycles. The van der Waals surface area contributed by atoms with Crippen LogP contribution in [-0.2, 0) is 19.9 Å².